The van der Waals surface area contributed by atoms with Crippen LogP contribution in [0, 0.1) is 0 Å². The smallest absolute Gasteiger partial charge is 0.0647 e. The third-order valence-electron chi connectivity index (χ3n) is 1.52. The van der Waals surface area contributed by atoms with E-state index in [9.17, 15) is 0 Å². The van der Waals surface area contributed by atoms with Crippen LogP contribution in [0.3, 0.4) is 0 Å². The van der Waals surface area contributed by atoms with Crippen molar-refractivity contribution in [1.82, 2.24) is 0 Å². The molecule has 0 aliphatic carbocycles. The third kappa shape index (κ3) is 7.39. The molecule has 0 aromatic heterocycles. The van der Waals surface area contributed by atoms with E-state index in [-0.39, 0.29) is 0 Å². The van der Waals surface area contributed by atoms with Crippen LogP contribution in [0.2, 0.25) is 0 Å². The van der Waals surface area contributed by atoms with Crippen LogP contribution in [0.15, 0.2) is 12.7 Å². The number of hydrogen-bond donors (Lipinski definition) is 0. The minimum absolute atomic E-state index is 0.493. The fourth-order valence-corrected chi connectivity index (χ4v) is 1.02. The zero-order valence-corrected chi connectivity index (χ0v) is 10.3. The summed E-state index contributed by atoms with van der Waals surface area (Å²) in [6.07, 6.45) is 5.91. The summed E-state index contributed by atoms with van der Waals surface area (Å²) in [5.41, 5.74) is 0. The summed E-state index contributed by atoms with van der Waals surface area (Å²) in [5.74, 6) is 0. The highest BCUT2D eigenvalue weighted by atomic mass is 127. The standard InChI is InChI=1S/C7H12O.CH3IOS/c1-2-4-7-5-3-6-8-7;1-3-4-2/h2,7H,1,3-6H2;1H3. The van der Waals surface area contributed by atoms with Gasteiger partial charge in [0, 0.05) is 27.8 Å². The summed E-state index contributed by atoms with van der Waals surface area (Å²) < 4.78 is 9.77. The van der Waals surface area contributed by atoms with Gasteiger partial charge >= 0.3 is 0 Å². The van der Waals surface area contributed by atoms with Crippen molar-refractivity contribution in [3.63, 3.8) is 0 Å². The summed E-state index contributed by atoms with van der Waals surface area (Å²) in [4.78, 5) is 0. The predicted molar refractivity (Wildman–Crippen MR) is 62.4 cm³/mol. The predicted octanol–water partition coefficient (Wildman–Crippen LogP) is 3.37. The Morgan fingerprint density at radius 1 is 1.83 bits per heavy atom. The molecule has 0 radical (unpaired) electrons. The molecule has 0 bridgehead atoms. The van der Waals surface area contributed by atoms with Crippen molar-refractivity contribution in [2.75, 3.05) is 13.7 Å². The highest BCUT2D eigenvalue weighted by molar-refractivity contribution is 14.2. The molecule has 1 rings (SSSR count). The molecule has 72 valence electrons. The summed E-state index contributed by atoms with van der Waals surface area (Å²) in [6, 6.07) is 0. The lowest BCUT2D eigenvalue weighted by Crippen LogP contribution is -2.01. The number of halogens is 1. The number of ether oxygens (including phenoxy) is 1. The van der Waals surface area contributed by atoms with Crippen molar-refractivity contribution in [3.8, 4) is 0 Å². The van der Waals surface area contributed by atoms with E-state index in [2.05, 4.69) is 10.8 Å². The first kappa shape index (κ1) is 12.7. The van der Waals surface area contributed by atoms with Crippen molar-refractivity contribution >= 4 is 30.4 Å². The fraction of sp³-hybridized carbons (Fsp3) is 0.750. The molecule has 1 heterocycles. The average Bonchev–Trinajstić information content (AvgIpc) is 2.58. The van der Waals surface area contributed by atoms with Gasteiger partial charge in [-0.2, -0.15) is 0 Å². The van der Waals surface area contributed by atoms with Gasteiger partial charge in [0.25, 0.3) is 0 Å². The molecule has 0 spiro atoms. The summed E-state index contributed by atoms with van der Waals surface area (Å²) in [6.45, 7) is 4.60. The van der Waals surface area contributed by atoms with Crippen LogP contribution in [0.25, 0.3) is 0 Å². The van der Waals surface area contributed by atoms with Crippen LogP contribution >= 0.6 is 30.4 Å². The lowest BCUT2D eigenvalue weighted by molar-refractivity contribution is 0.113. The van der Waals surface area contributed by atoms with Gasteiger partial charge in [-0.05, 0) is 19.3 Å². The van der Waals surface area contributed by atoms with Crippen molar-refractivity contribution in [2.45, 2.75) is 25.4 Å². The van der Waals surface area contributed by atoms with E-state index < -0.39 is 0 Å². The molecule has 1 fully saturated rings. The van der Waals surface area contributed by atoms with Gasteiger partial charge in [0.05, 0.1) is 22.4 Å². The molecule has 12 heavy (non-hydrogen) atoms. The Morgan fingerprint density at radius 3 is 2.83 bits per heavy atom. The zero-order valence-electron chi connectivity index (χ0n) is 7.29. The molecule has 0 aromatic rings. The normalized spacial score (nSPS) is 21.3. The van der Waals surface area contributed by atoms with Crippen LogP contribution < -0.4 is 0 Å². The van der Waals surface area contributed by atoms with Crippen LogP contribution in [-0.2, 0) is 8.92 Å². The lowest BCUT2D eigenvalue weighted by Gasteiger charge is -2.02. The van der Waals surface area contributed by atoms with E-state index in [1.165, 1.54) is 22.1 Å². The van der Waals surface area contributed by atoms with E-state index in [0.717, 1.165) is 13.0 Å². The molecule has 0 N–H and O–H groups in total. The van der Waals surface area contributed by atoms with Gasteiger partial charge in [0.15, 0.2) is 0 Å². The Bertz CT molecular complexity index is 103. The topological polar surface area (TPSA) is 18.5 Å². The van der Waals surface area contributed by atoms with Gasteiger partial charge < -0.3 is 8.92 Å². The second-order valence-corrected chi connectivity index (χ2v) is 3.93. The molecular formula is C8H15IO2S. The largest absolute Gasteiger partial charge is 0.378 e. The Hall–Kier alpha value is 0.740. The maximum Gasteiger partial charge on any atom is 0.0647 e. The SMILES string of the molecule is C=CCC1CCCO1.COSI. The maximum absolute atomic E-state index is 5.32. The van der Waals surface area contributed by atoms with Crippen LogP contribution in [0.5, 0.6) is 0 Å². The third-order valence-corrected chi connectivity index (χ3v) is 2.72. The van der Waals surface area contributed by atoms with Gasteiger partial charge in [0.1, 0.15) is 0 Å². The maximum atomic E-state index is 5.32. The molecule has 1 unspecified atom stereocenters. The molecule has 0 saturated carbocycles. The first-order valence-corrected chi connectivity index (χ1v) is 7.17. The first-order chi connectivity index (χ1) is 5.85. The zero-order chi connectivity index (χ0) is 9.23. The molecule has 4 heteroatoms. The molecule has 1 aliphatic heterocycles. The van der Waals surface area contributed by atoms with Gasteiger partial charge in [-0.3, -0.25) is 0 Å². The van der Waals surface area contributed by atoms with Gasteiger partial charge in [-0.25, -0.2) is 0 Å². The van der Waals surface area contributed by atoms with Crippen molar-refractivity contribution in [3.05, 3.63) is 12.7 Å². The lowest BCUT2D eigenvalue weighted by atomic mass is 10.2. The molecule has 0 aromatic carbocycles. The first-order valence-electron chi connectivity index (χ1n) is 3.89. The van der Waals surface area contributed by atoms with Crippen LogP contribution in [0.4, 0.5) is 0 Å². The summed E-state index contributed by atoms with van der Waals surface area (Å²) >= 11 is 2.05. The Balaban J connectivity index is 0.000000261. The monoisotopic (exact) mass is 302 g/mol. The fourth-order valence-electron chi connectivity index (χ4n) is 1.02. The molecule has 1 saturated heterocycles. The summed E-state index contributed by atoms with van der Waals surface area (Å²) in [5, 5.41) is 0. The quantitative estimate of drug-likeness (QED) is 0.452. The van der Waals surface area contributed by atoms with E-state index >= 15 is 0 Å². The molecule has 1 aliphatic rings. The van der Waals surface area contributed by atoms with E-state index in [0.29, 0.717) is 6.10 Å². The van der Waals surface area contributed by atoms with E-state index in [4.69, 9.17) is 4.74 Å². The molecule has 2 nitrogen and oxygen atoms in total. The minimum Gasteiger partial charge on any atom is -0.378 e. The van der Waals surface area contributed by atoms with Crippen LogP contribution in [-0.4, -0.2) is 19.8 Å². The Kier molecular flexibility index (Phi) is 10.4. The molecular weight excluding hydrogens is 287 g/mol. The molecule has 0 amide bonds. The van der Waals surface area contributed by atoms with Gasteiger partial charge in [0.2, 0.25) is 0 Å². The minimum atomic E-state index is 0.493. The van der Waals surface area contributed by atoms with Gasteiger partial charge in [-0.15, -0.1) is 6.58 Å². The van der Waals surface area contributed by atoms with Crippen molar-refractivity contribution < 1.29 is 8.92 Å². The second-order valence-electron chi connectivity index (χ2n) is 2.39. The Morgan fingerprint density at radius 2 is 2.50 bits per heavy atom. The molecule has 1 atom stereocenters. The van der Waals surface area contributed by atoms with Gasteiger partial charge in [-0.1, -0.05) is 6.08 Å². The van der Waals surface area contributed by atoms with Crippen LogP contribution in [0.1, 0.15) is 19.3 Å². The van der Waals surface area contributed by atoms with Crippen molar-refractivity contribution in [2.24, 2.45) is 0 Å². The van der Waals surface area contributed by atoms with E-state index in [1.54, 1.807) is 7.11 Å². The highest BCUT2D eigenvalue weighted by Crippen LogP contribution is 2.14. The number of rotatable bonds is 3. The summed E-state index contributed by atoms with van der Waals surface area (Å²) in [7, 11) is 2.96. The number of hydrogen-bond acceptors (Lipinski definition) is 3. The highest BCUT2D eigenvalue weighted by Gasteiger charge is 2.12. The average molecular weight is 302 g/mol. The van der Waals surface area contributed by atoms with E-state index in [1.807, 2.05) is 27.3 Å². The second kappa shape index (κ2) is 9.83. The van der Waals surface area contributed by atoms with Crippen molar-refractivity contribution in [1.29, 1.82) is 0 Å². The Labute approximate surface area is 90.9 Å².